The molecule has 22 heavy (non-hydrogen) atoms. The summed E-state index contributed by atoms with van der Waals surface area (Å²) >= 11 is 0. The summed E-state index contributed by atoms with van der Waals surface area (Å²) in [5, 5.41) is 6.50. The summed E-state index contributed by atoms with van der Waals surface area (Å²) < 4.78 is 12.9. The molecular formula is C18H22FN3. The van der Waals surface area contributed by atoms with Gasteiger partial charge in [0.15, 0.2) is 0 Å². The highest BCUT2D eigenvalue weighted by molar-refractivity contribution is 5.73. The number of nitrogen functional groups attached to an aromatic ring is 1. The lowest BCUT2D eigenvalue weighted by Crippen LogP contribution is -2.03. The molecule has 0 saturated heterocycles. The molecule has 0 aromatic heterocycles. The summed E-state index contributed by atoms with van der Waals surface area (Å²) in [6.07, 6.45) is 1.97. The van der Waals surface area contributed by atoms with Gasteiger partial charge in [-0.25, -0.2) is 4.39 Å². The van der Waals surface area contributed by atoms with Crippen molar-refractivity contribution in [3.63, 3.8) is 0 Å². The second kappa shape index (κ2) is 7.50. The Balaban J connectivity index is 1.97. The quantitative estimate of drug-likeness (QED) is 0.647. The molecule has 0 aliphatic rings. The minimum Gasteiger partial charge on any atom is -0.397 e. The van der Waals surface area contributed by atoms with Crippen molar-refractivity contribution in [3.05, 3.63) is 66.1 Å². The number of halogens is 1. The van der Waals surface area contributed by atoms with E-state index in [9.17, 15) is 4.39 Å². The first-order valence-corrected chi connectivity index (χ1v) is 7.41. The van der Waals surface area contributed by atoms with E-state index < -0.39 is 0 Å². The SMILES string of the molecule is C=C(CCC)Nc1ccc(NCc2ccc(F)cc2)cc1N. The smallest absolute Gasteiger partial charge is 0.123 e. The van der Waals surface area contributed by atoms with Crippen LogP contribution in [0.2, 0.25) is 0 Å². The highest BCUT2D eigenvalue weighted by Gasteiger charge is 2.02. The van der Waals surface area contributed by atoms with Crippen molar-refractivity contribution in [1.82, 2.24) is 0 Å². The van der Waals surface area contributed by atoms with Gasteiger partial charge in [0.2, 0.25) is 0 Å². The third kappa shape index (κ3) is 4.52. The van der Waals surface area contributed by atoms with Gasteiger partial charge >= 0.3 is 0 Å². The van der Waals surface area contributed by atoms with Gasteiger partial charge in [-0.2, -0.15) is 0 Å². The molecule has 3 nitrogen and oxygen atoms in total. The zero-order valence-corrected chi connectivity index (χ0v) is 12.8. The lowest BCUT2D eigenvalue weighted by molar-refractivity contribution is 0.627. The maximum Gasteiger partial charge on any atom is 0.123 e. The van der Waals surface area contributed by atoms with E-state index in [1.54, 1.807) is 12.1 Å². The van der Waals surface area contributed by atoms with Gasteiger partial charge in [0.05, 0.1) is 11.4 Å². The molecular weight excluding hydrogens is 277 g/mol. The molecule has 116 valence electrons. The third-order valence-corrected chi connectivity index (χ3v) is 3.32. The van der Waals surface area contributed by atoms with Crippen LogP contribution in [0.15, 0.2) is 54.7 Å². The predicted molar refractivity (Wildman–Crippen MR) is 92.3 cm³/mol. The van der Waals surface area contributed by atoms with E-state index >= 15 is 0 Å². The minimum atomic E-state index is -0.226. The van der Waals surface area contributed by atoms with Crippen LogP contribution < -0.4 is 16.4 Å². The van der Waals surface area contributed by atoms with Gasteiger partial charge < -0.3 is 16.4 Å². The van der Waals surface area contributed by atoms with E-state index in [2.05, 4.69) is 24.1 Å². The monoisotopic (exact) mass is 299 g/mol. The molecule has 0 aliphatic carbocycles. The van der Waals surface area contributed by atoms with E-state index in [1.807, 2.05) is 18.2 Å². The van der Waals surface area contributed by atoms with Gasteiger partial charge in [-0.05, 0) is 42.3 Å². The fourth-order valence-corrected chi connectivity index (χ4v) is 2.15. The fraction of sp³-hybridized carbons (Fsp3) is 0.222. The lowest BCUT2D eigenvalue weighted by atomic mass is 10.2. The van der Waals surface area contributed by atoms with Crippen molar-refractivity contribution in [2.45, 2.75) is 26.3 Å². The van der Waals surface area contributed by atoms with Crippen LogP contribution in [0, 0.1) is 5.82 Å². The van der Waals surface area contributed by atoms with Crippen molar-refractivity contribution in [2.75, 3.05) is 16.4 Å². The summed E-state index contributed by atoms with van der Waals surface area (Å²) in [6.45, 7) is 6.70. The van der Waals surface area contributed by atoms with Crippen LogP contribution in [0.4, 0.5) is 21.5 Å². The van der Waals surface area contributed by atoms with Crippen molar-refractivity contribution in [3.8, 4) is 0 Å². The molecule has 0 saturated carbocycles. The molecule has 0 bridgehead atoms. The molecule has 2 aromatic rings. The van der Waals surface area contributed by atoms with E-state index in [4.69, 9.17) is 5.73 Å². The Kier molecular flexibility index (Phi) is 5.42. The van der Waals surface area contributed by atoms with Gasteiger partial charge in [-0.15, -0.1) is 0 Å². The van der Waals surface area contributed by atoms with Crippen molar-refractivity contribution in [1.29, 1.82) is 0 Å². The van der Waals surface area contributed by atoms with Gasteiger partial charge in [0.25, 0.3) is 0 Å². The Bertz CT molecular complexity index is 635. The number of allylic oxidation sites excluding steroid dienone is 1. The maximum atomic E-state index is 12.9. The average molecular weight is 299 g/mol. The number of anilines is 3. The molecule has 0 amide bonds. The number of nitrogens with two attached hydrogens (primary N) is 1. The highest BCUT2D eigenvalue weighted by atomic mass is 19.1. The largest absolute Gasteiger partial charge is 0.397 e. The normalized spacial score (nSPS) is 10.3. The first kappa shape index (κ1) is 15.9. The summed E-state index contributed by atoms with van der Waals surface area (Å²) in [6, 6.07) is 12.2. The number of hydrogen-bond donors (Lipinski definition) is 3. The topological polar surface area (TPSA) is 50.1 Å². The van der Waals surface area contributed by atoms with Crippen LogP contribution in [-0.2, 0) is 6.54 Å². The fourth-order valence-electron chi connectivity index (χ4n) is 2.15. The van der Waals surface area contributed by atoms with Gasteiger partial charge in [-0.1, -0.05) is 32.1 Å². The molecule has 0 atom stereocenters. The molecule has 4 heteroatoms. The molecule has 4 N–H and O–H groups in total. The van der Waals surface area contributed by atoms with Crippen LogP contribution in [0.1, 0.15) is 25.3 Å². The second-order valence-corrected chi connectivity index (χ2v) is 5.26. The molecule has 2 aromatic carbocycles. The summed E-state index contributed by atoms with van der Waals surface area (Å²) in [5.74, 6) is -0.226. The first-order chi connectivity index (χ1) is 10.6. The van der Waals surface area contributed by atoms with Crippen molar-refractivity contribution >= 4 is 17.1 Å². The van der Waals surface area contributed by atoms with Crippen LogP contribution in [-0.4, -0.2) is 0 Å². The van der Waals surface area contributed by atoms with Crippen LogP contribution in [0.25, 0.3) is 0 Å². The number of nitrogens with one attached hydrogen (secondary N) is 2. The van der Waals surface area contributed by atoms with E-state index in [0.717, 1.165) is 35.5 Å². The van der Waals surface area contributed by atoms with Crippen molar-refractivity contribution in [2.24, 2.45) is 0 Å². The lowest BCUT2D eigenvalue weighted by Gasteiger charge is -2.13. The van der Waals surface area contributed by atoms with Gasteiger partial charge in [-0.3, -0.25) is 0 Å². The molecule has 0 fully saturated rings. The number of rotatable bonds is 7. The van der Waals surface area contributed by atoms with E-state index in [1.165, 1.54) is 12.1 Å². The standard InChI is InChI=1S/C18H22FN3/c1-3-4-13(2)22-18-10-9-16(11-17(18)20)21-12-14-5-7-15(19)8-6-14/h5-11,21-22H,2-4,12,20H2,1H3. The zero-order chi connectivity index (χ0) is 15.9. The predicted octanol–water partition coefficient (Wildman–Crippen LogP) is 4.75. The highest BCUT2D eigenvalue weighted by Crippen LogP contribution is 2.25. The molecule has 0 spiro atoms. The maximum absolute atomic E-state index is 12.9. The Morgan fingerprint density at radius 1 is 1.18 bits per heavy atom. The zero-order valence-electron chi connectivity index (χ0n) is 12.8. The first-order valence-electron chi connectivity index (χ1n) is 7.41. The van der Waals surface area contributed by atoms with E-state index in [-0.39, 0.29) is 5.82 Å². The number of benzene rings is 2. The van der Waals surface area contributed by atoms with Crippen LogP contribution in [0.3, 0.4) is 0 Å². The summed E-state index contributed by atoms with van der Waals surface area (Å²) in [5.41, 5.74) is 10.5. The molecule has 0 aliphatic heterocycles. The van der Waals surface area contributed by atoms with Crippen molar-refractivity contribution < 1.29 is 4.39 Å². The van der Waals surface area contributed by atoms with E-state index in [0.29, 0.717) is 12.2 Å². The summed E-state index contributed by atoms with van der Waals surface area (Å²) in [7, 11) is 0. The van der Waals surface area contributed by atoms with Crippen LogP contribution >= 0.6 is 0 Å². The molecule has 0 unspecified atom stereocenters. The summed E-state index contributed by atoms with van der Waals surface area (Å²) in [4.78, 5) is 0. The second-order valence-electron chi connectivity index (χ2n) is 5.26. The molecule has 0 heterocycles. The minimum absolute atomic E-state index is 0.226. The Labute approximate surface area is 131 Å². The van der Waals surface area contributed by atoms with Gasteiger partial charge in [0, 0.05) is 17.9 Å². The molecule has 0 radical (unpaired) electrons. The Morgan fingerprint density at radius 3 is 2.55 bits per heavy atom. The molecule has 2 rings (SSSR count). The Hall–Kier alpha value is -2.49. The third-order valence-electron chi connectivity index (χ3n) is 3.32. The van der Waals surface area contributed by atoms with Crippen LogP contribution in [0.5, 0.6) is 0 Å². The Morgan fingerprint density at radius 2 is 1.91 bits per heavy atom. The number of hydrogen-bond acceptors (Lipinski definition) is 3. The van der Waals surface area contributed by atoms with Gasteiger partial charge in [0.1, 0.15) is 5.82 Å². The average Bonchev–Trinajstić information content (AvgIpc) is 2.49.